The van der Waals surface area contributed by atoms with Crippen molar-refractivity contribution in [1.29, 1.82) is 5.26 Å². The minimum atomic E-state index is 0.371. The largest absolute Gasteiger partial charge is 0.496 e. The van der Waals surface area contributed by atoms with Crippen LogP contribution in [-0.2, 0) is 6.42 Å². The predicted octanol–water partition coefficient (Wildman–Crippen LogP) is 4.53. The number of aryl methyl sites for hydroxylation is 2. The monoisotopic (exact) mass is 290 g/mol. The quantitative estimate of drug-likeness (QED) is 0.770. The molecule has 0 atom stereocenters. The average molecular weight is 290 g/mol. The SMILES string of the molecule is COc1ccc(C)cc1-c1[nH]c2ccc(C)cc2c1CC#N. The van der Waals surface area contributed by atoms with Crippen LogP contribution in [0.15, 0.2) is 36.4 Å². The number of hydrogen-bond donors (Lipinski definition) is 1. The Balaban J connectivity index is 2.33. The van der Waals surface area contributed by atoms with Crippen LogP contribution in [0.5, 0.6) is 5.75 Å². The zero-order valence-corrected chi connectivity index (χ0v) is 13.0. The fraction of sp³-hybridized carbons (Fsp3) is 0.211. The van der Waals surface area contributed by atoms with Gasteiger partial charge in [0, 0.05) is 16.5 Å². The summed E-state index contributed by atoms with van der Waals surface area (Å²) in [5, 5.41) is 10.3. The molecule has 1 heterocycles. The molecule has 22 heavy (non-hydrogen) atoms. The lowest BCUT2D eigenvalue weighted by molar-refractivity contribution is 0.416. The highest BCUT2D eigenvalue weighted by atomic mass is 16.5. The molecule has 0 aliphatic heterocycles. The van der Waals surface area contributed by atoms with E-state index in [1.165, 1.54) is 5.56 Å². The minimum absolute atomic E-state index is 0.371. The number of fused-ring (bicyclic) bond motifs is 1. The van der Waals surface area contributed by atoms with E-state index in [-0.39, 0.29) is 0 Å². The molecule has 0 spiro atoms. The first-order chi connectivity index (χ1) is 10.6. The topological polar surface area (TPSA) is 48.8 Å². The summed E-state index contributed by atoms with van der Waals surface area (Å²) in [4.78, 5) is 3.46. The number of nitriles is 1. The van der Waals surface area contributed by atoms with Crippen molar-refractivity contribution in [2.45, 2.75) is 20.3 Å². The van der Waals surface area contributed by atoms with Gasteiger partial charge in [0.05, 0.1) is 25.3 Å². The first-order valence-electron chi connectivity index (χ1n) is 7.27. The average Bonchev–Trinajstić information content (AvgIpc) is 2.86. The van der Waals surface area contributed by atoms with Crippen LogP contribution in [0, 0.1) is 25.2 Å². The van der Waals surface area contributed by atoms with Crippen LogP contribution in [0.2, 0.25) is 0 Å². The van der Waals surface area contributed by atoms with Crippen molar-refractivity contribution in [3.05, 3.63) is 53.1 Å². The number of ether oxygens (including phenoxy) is 1. The third kappa shape index (κ3) is 2.33. The molecule has 0 radical (unpaired) electrons. The Morgan fingerprint density at radius 3 is 2.55 bits per heavy atom. The molecule has 1 N–H and O–H groups in total. The third-order valence-corrected chi connectivity index (χ3v) is 3.94. The molecular formula is C19H18N2O. The highest BCUT2D eigenvalue weighted by Gasteiger charge is 2.16. The molecule has 3 nitrogen and oxygen atoms in total. The lowest BCUT2D eigenvalue weighted by Crippen LogP contribution is -1.92. The van der Waals surface area contributed by atoms with Gasteiger partial charge in [-0.15, -0.1) is 0 Å². The van der Waals surface area contributed by atoms with Gasteiger partial charge in [-0.05, 0) is 43.7 Å². The van der Waals surface area contributed by atoms with Gasteiger partial charge in [0.2, 0.25) is 0 Å². The lowest BCUT2D eigenvalue weighted by atomic mass is 10.0. The van der Waals surface area contributed by atoms with E-state index < -0.39 is 0 Å². The highest BCUT2D eigenvalue weighted by Crippen LogP contribution is 2.36. The van der Waals surface area contributed by atoms with Gasteiger partial charge in [-0.3, -0.25) is 0 Å². The van der Waals surface area contributed by atoms with Gasteiger partial charge in [0.25, 0.3) is 0 Å². The van der Waals surface area contributed by atoms with Gasteiger partial charge in [-0.25, -0.2) is 0 Å². The smallest absolute Gasteiger partial charge is 0.128 e. The number of hydrogen-bond acceptors (Lipinski definition) is 2. The molecule has 0 aliphatic rings. The third-order valence-electron chi connectivity index (χ3n) is 3.94. The lowest BCUT2D eigenvalue weighted by Gasteiger charge is -2.09. The van der Waals surface area contributed by atoms with Gasteiger partial charge in [-0.2, -0.15) is 5.26 Å². The number of aromatic amines is 1. The number of nitrogens with zero attached hydrogens (tertiary/aromatic N) is 1. The van der Waals surface area contributed by atoms with Gasteiger partial charge in [0.15, 0.2) is 0 Å². The number of methoxy groups -OCH3 is 1. The van der Waals surface area contributed by atoms with Gasteiger partial charge < -0.3 is 9.72 Å². The summed E-state index contributed by atoms with van der Waals surface area (Å²) in [7, 11) is 1.67. The molecule has 3 heteroatoms. The molecule has 0 bridgehead atoms. The maximum absolute atomic E-state index is 9.22. The van der Waals surface area contributed by atoms with Crippen LogP contribution in [0.25, 0.3) is 22.2 Å². The van der Waals surface area contributed by atoms with Crippen molar-refractivity contribution in [2.24, 2.45) is 0 Å². The zero-order valence-electron chi connectivity index (χ0n) is 13.0. The zero-order chi connectivity index (χ0) is 15.7. The molecule has 0 amide bonds. The van der Waals surface area contributed by atoms with E-state index in [1.807, 2.05) is 12.1 Å². The Hall–Kier alpha value is -2.73. The van der Waals surface area contributed by atoms with E-state index in [0.717, 1.165) is 39.0 Å². The van der Waals surface area contributed by atoms with Crippen LogP contribution in [0.1, 0.15) is 16.7 Å². The Morgan fingerprint density at radius 1 is 1.09 bits per heavy atom. The summed E-state index contributed by atoms with van der Waals surface area (Å²) in [6, 6.07) is 14.6. The molecule has 0 saturated carbocycles. The first kappa shape index (κ1) is 14.2. The van der Waals surface area contributed by atoms with Crippen molar-refractivity contribution in [1.82, 2.24) is 4.98 Å². The summed E-state index contributed by atoms with van der Waals surface area (Å²) < 4.78 is 5.50. The molecule has 110 valence electrons. The minimum Gasteiger partial charge on any atom is -0.496 e. The fourth-order valence-corrected chi connectivity index (χ4v) is 2.87. The van der Waals surface area contributed by atoms with E-state index in [4.69, 9.17) is 4.74 Å². The predicted molar refractivity (Wildman–Crippen MR) is 89.1 cm³/mol. The molecule has 0 fully saturated rings. The molecule has 0 saturated heterocycles. The normalized spacial score (nSPS) is 10.6. The van der Waals surface area contributed by atoms with Gasteiger partial charge in [-0.1, -0.05) is 23.3 Å². The van der Waals surface area contributed by atoms with Crippen molar-refractivity contribution < 1.29 is 4.74 Å². The Labute approximate surface area is 130 Å². The number of nitrogens with one attached hydrogen (secondary N) is 1. The van der Waals surface area contributed by atoms with Crippen LogP contribution in [-0.4, -0.2) is 12.1 Å². The maximum atomic E-state index is 9.22. The number of aromatic nitrogens is 1. The van der Waals surface area contributed by atoms with Crippen LogP contribution >= 0.6 is 0 Å². The Morgan fingerprint density at radius 2 is 1.82 bits per heavy atom. The van der Waals surface area contributed by atoms with E-state index in [9.17, 15) is 5.26 Å². The number of H-pyrrole nitrogens is 1. The molecule has 0 unspecified atom stereocenters. The highest BCUT2D eigenvalue weighted by molar-refractivity contribution is 5.92. The molecule has 0 aliphatic carbocycles. The maximum Gasteiger partial charge on any atom is 0.128 e. The van der Waals surface area contributed by atoms with Crippen molar-refractivity contribution >= 4 is 10.9 Å². The standard InChI is InChI=1S/C19H18N2O/c1-12-4-6-17-15(10-12)14(8-9-20)19(21-17)16-11-13(2)5-7-18(16)22-3/h4-7,10-11,21H,8H2,1-3H3. The van der Waals surface area contributed by atoms with Crippen molar-refractivity contribution in [3.63, 3.8) is 0 Å². The summed E-state index contributed by atoms with van der Waals surface area (Å²) >= 11 is 0. The Bertz CT molecular complexity index is 884. The van der Waals surface area contributed by atoms with Crippen LogP contribution < -0.4 is 4.74 Å². The van der Waals surface area contributed by atoms with Gasteiger partial charge in [0.1, 0.15) is 5.75 Å². The fourth-order valence-electron chi connectivity index (χ4n) is 2.87. The second kappa shape index (κ2) is 5.57. The van der Waals surface area contributed by atoms with E-state index in [1.54, 1.807) is 7.11 Å². The summed E-state index contributed by atoms with van der Waals surface area (Å²) in [5.74, 6) is 0.813. The Kier molecular flexibility index (Phi) is 3.60. The second-order valence-corrected chi connectivity index (χ2v) is 5.57. The second-order valence-electron chi connectivity index (χ2n) is 5.57. The number of benzene rings is 2. The van der Waals surface area contributed by atoms with E-state index in [2.05, 4.69) is 49.2 Å². The van der Waals surface area contributed by atoms with E-state index in [0.29, 0.717) is 6.42 Å². The molecule has 1 aromatic heterocycles. The van der Waals surface area contributed by atoms with Gasteiger partial charge >= 0.3 is 0 Å². The molecule has 2 aromatic carbocycles. The molecular weight excluding hydrogens is 272 g/mol. The van der Waals surface area contributed by atoms with Crippen LogP contribution in [0.3, 0.4) is 0 Å². The van der Waals surface area contributed by atoms with Crippen molar-refractivity contribution in [3.8, 4) is 23.1 Å². The van der Waals surface area contributed by atoms with E-state index >= 15 is 0 Å². The summed E-state index contributed by atoms with van der Waals surface area (Å²) in [6.07, 6.45) is 0.371. The number of rotatable bonds is 3. The van der Waals surface area contributed by atoms with Crippen molar-refractivity contribution in [2.75, 3.05) is 7.11 Å². The van der Waals surface area contributed by atoms with Crippen LogP contribution in [0.4, 0.5) is 0 Å². The first-order valence-corrected chi connectivity index (χ1v) is 7.27. The molecule has 3 rings (SSSR count). The summed E-state index contributed by atoms with van der Waals surface area (Å²) in [6.45, 7) is 4.12. The molecule has 3 aromatic rings. The summed E-state index contributed by atoms with van der Waals surface area (Å²) in [5.41, 5.74) is 6.41.